The SMILES string of the molecule is NCC(=O)NC1(S(=O)(=O)Nc2ccccn2)CN[C@H](C(=O)Nc2ccccc2)C1. The van der Waals surface area contributed by atoms with Gasteiger partial charge in [-0.05, 0) is 24.3 Å². The molecule has 1 aromatic heterocycles. The van der Waals surface area contributed by atoms with E-state index in [1.807, 2.05) is 6.07 Å². The molecular formula is C18H22N6O4S. The summed E-state index contributed by atoms with van der Waals surface area (Å²) in [5, 5.41) is 8.07. The number of nitrogens with one attached hydrogen (secondary N) is 4. The Kier molecular flexibility index (Phi) is 6.11. The highest BCUT2D eigenvalue weighted by Crippen LogP contribution is 2.28. The third-order valence-electron chi connectivity index (χ3n) is 4.50. The number of amides is 2. The summed E-state index contributed by atoms with van der Waals surface area (Å²) in [7, 11) is -4.16. The number of para-hydroxylation sites is 1. The minimum Gasteiger partial charge on any atom is -0.333 e. The monoisotopic (exact) mass is 418 g/mol. The van der Waals surface area contributed by atoms with Gasteiger partial charge in [0.2, 0.25) is 11.8 Å². The summed E-state index contributed by atoms with van der Waals surface area (Å²) in [6.45, 7) is -0.560. The van der Waals surface area contributed by atoms with Crippen LogP contribution < -0.4 is 26.4 Å². The van der Waals surface area contributed by atoms with Crippen LogP contribution in [0.2, 0.25) is 0 Å². The van der Waals surface area contributed by atoms with Gasteiger partial charge in [-0.1, -0.05) is 24.3 Å². The molecule has 0 bridgehead atoms. The van der Waals surface area contributed by atoms with Gasteiger partial charge < -0.3 is 21.7 Å². The van der Waals surface area contributed by atoms with Crippen LogP contribution in [-0.2, 0) is 19.6 Å². The molecule has 154 valence electrons. The van der Waals surface area contributed by atoms with Gasteiger partial charge in [-0.2, -0.15) is 0 Å². The highest BCUT2D eigenvalue weighted by Gasteiger charge is 2.52. The van der Waals surface area contributed by atoms with E-state index in [2.05, 4.69) is 25.7 Å². The van der Waals surface area contributed by atoms with Gasteiger partial charge in [-0.3, -0.25) is 14.3 Å². The van der Waals surface area contributed by atoms with Crippen LogP contribution in [0.4, 0.5) is 11.5 Å². The molecule has 0 spiro atoms. The molecule has 2 aromatic rings. The van der Waals surface area contributed by atoms with E-state index in [1.165, 1.54) is 12.3 Å². The second-order valence-electron chi connectivity index (χ2n) is 6.56. The van der Waals surface area contributed by atoms with Crippen molar-refractivity contribution >= 4 is 33.3 Å². The highest BCUT2D eigenvalue weighted by atomic mass is 32.2. The van der Waals surface area contributed by atoms with Gasteiger partial charge in [0.25, 0.3) is 10.0 Å². The van der Waals surface area contributed by atoms with Crippen LogP contribution in [0.5, 0.6) is 0 Å². The molecule has 3 rings (SSSR count). The fourth-order valence-electron chi connectivity index (χ4n) is 3.03. The van der Waals surface area contributed by atoms with Crippen molar-refractivity contribution < 1.29 is 18.0 Å². The van der Waals surface area contributed by atoms with Crippen molar-refractivity contribution in [2.45, 2.75) is 17.3 Å². The molecule has 2 heterocycles. The van der Waals surface area contributed by atoms with E-state index in [9.17, 15) is 18.0 Å². The lowest BCUT2D eigenvalue weighted by Crippen LogP contribution is -2.59. The van der Waals surface area contributed by atoms with Crippen LogP contribution in [-0.4, -0.2) is 49.2 Å². The Labute approximate surface area is 168 Å². The fraction of sp³-hybridized carbons (Fsp3) is 0.278. The summed E-state index contributed by atoms with van der Waals surface area (Å²) in [5.74, 6) is -0.957. The van der Waals surface area contributed by atoms with E-state index in [4.69, 9.17) is 5.73 Å². The molecule has 1 fully saturated rings. The normalized spacial score (nSPS) is 21.3. The molecule has 0 saturated carbocycles. The van der Waals surface area contributed by atoms with Crippen molar-refractivity contribution in [1.82, 2.24) is 15.6 Å². The number of benzene rings is 1. The van der Waals surface area contributed by atoms with Crippen LogP contribution in [0.3, 0.4) is 0 Å². The Hall–Kier alpha value is -3.02. The van der Waals surface area contributed by atoms with Gasteiger partial charge in [0.15, 0.2) is 4.87 Å². The van der Waals surface area contributed by atoms with Crippen LogP contribution in [0.25, 0.3) is 0 Å². The first kappa shape index (κ1) is 20.7. The van der Waals surface area contributed by atoms with Crippen molar-refractivity contribution in [3.63, 3.8) is 0 Å². The first-order chi connectivity index (χ1) is 13.9. The summed E-state index contributed by atoms with van der Waals surface area (Å²) in [6.07, 6.45) is 1.26. The smallest absolute Gasteiger partial charge is 0.259 e. The lowest BCUT2D eigenvalue weighted by atomic mass is 10.1. The maximum atomic E-state index is 13.1. The molecule has 2 atom stereocenters. The molecule has 2 amide bonds. The average Bonchev–Trinajstić information content (AvgIpc) is 3.15. The van der Waals surface area contributed by atoms with E-state index in [1.54, 1.807) is 36.4 Å². The minimum absolute atomic E-state index is 0.103. The number of carbonyl (C=O) groups is 2. The highest BCUT2D eigenvalue weighted by molar-refractivity contribution is 7.94. The Morgan fingerprint density at radius 3 is 2.55 bits per heavy atom. The van der Waals surface area contributed by atoms with Gasteiger partial charge in [-0.25, -0.2) is 13.4 Å². The van der Waals surface area contributed by atoms with E-state index in [0.29, 0.717) is 5.69 Å². The van der Waals surface area contributed by atoms with Gasteiger partial charge in [0.1, 0.15) is 5.82 Å². The largest absolute Gasteiger partial charge is 0.333 e. The number of hydrogen-bond acceptors (Lipinski definition) is 7. The predicted molar refractivity (Wildman–Crippen MR) is 108 cm³/mol. The van der Waals surface area contributed by atoms with Gasteiger partial charge in [0, 0.05) is 24.8 Å². The third-order valence-corrected chi connectivity index (χ3v) is 6.42. The van der Waals surface area contributed by atoms with E-state index in [-0.39, 0.29) is 25.3 Å². The van der Waals surface area contributed by atoms with Gasteiger partial charge in [-0.15, -0.1) is 0 Å². The number of sulfonamides is 1. The third kappa shape index (κ3) is 4.70. The number of anilines is 2. The number of nitrogens with two attached hydrogens (primary N) is 1. The molecule has 1 saturated heterocycles. The number of pyridine rings is 1. The molecule has 29 heavy (non-hydrogen) atoms. The van der Waals surface area contributed by atoms with E-state index >= 15 is 0 Å². The number of carbonyl (C=O) groups excluding carboxylic acids is 2. The van der Waals surface area contributed by atoms with Crippen molar-refractivity contribution in [2.24, 2.45) is 5.73 Å². The van der Waals surface area contributed by atoms with Crippen molar-refractivity contribution in [1.29, 1.82) is 0 Å². The maximum Gasteiger partial charge on any atom is 0.259 e. The summed E-state index contributed by atoms with van der Waals surface area (Å²) >= 11 is 0. The summed E-state index contributed by atoms with van der Waals surface area (Å²) in [4.78, 5) is 26.8. The molecule has 11 heteroatoms. The predicted octanol–water partition coefficient (Wildman–Crippen LogP) is -0.405. The van der Waals surface area contributed by atoms with Crippen LogP contribution in [0, 0.1) is 0 Å². The van der Waals surface area contributed by atoms with Crippen LogP contribution in [0.15, 0.2) is 54.7 Å². The molecule has 0 aliphatic carbocycles. The lowest BCUT2D eigenvalue weighted by molar-refractivity contribution is -0.121. The fourth-order valence-corrected chi connectivity index (χ4v) is 4.53. The zero-order valence-corrected chi connectivity index (χ0v) is 16.3. The second kappa shape index (κ2) is 8.55. The Morgan fingerprint density at radius 2 is 1.90 bits per heavy atom. The summed E-state index contributed by atoms with van der Waals surface area (Å²) < 4.78 is 28.6. The molecule has 6 N–H and O–H groups in total. The Morgan fingerprint density at radius 1 is 1.17 bits per heavy atom. The average molecular weight is 418 g/mol. The van der Waals surface area contributed by atoms with Gasteiger partial charge >= 0.3 is 0 Å². The van der Waals surface area contributed by atoms with Crippen molar-refractivity contribution in [2.75, 3.05) is 23.1 Å². The number of aromatic nitrogens is 1. The topological polar surface area (TPSA) is 155 Å². The Bertz CT molecular complexity index is 970. The van der Waals surface area contributed by atoms with E-state index in [0.717, 1.165) is 0 Å². The lowest BCUT2D eigenvalue weighted by Gasteiger charge is -2.29. The standard InChI is InChI=1S/C18H22N6O4S/c19-11-16(25)23-18(29(27,28)24-15-8-4-5-9-20-15)10-14(21-12-18)17(26)22-13-6-2-1-3-7-13/h1-9,14,21H,10-12,19H2,(H,20,24)(H,22,26)(H,23,25)/t14-,18?/m0/s1. The van der Waals surface area contributed by atoms with Crippen molar-refractivity contribution in [3.05, 3.63) is 54.7 Å². The van der Waals surface area contributed by atoms with Crippen molar-refractivity contribution in [3.8, 4) is 0 Å². The number of hydrogen-bond donors (Lipinski definition) is 5. The number of rotatable bonds is 7. The quantitative estimate of drug-likeness (QED) is 0.409. The zero-order valence-electron chi connectivity index (χ0n) is 15.5. The molecule has 1 aliphatic heterocycles. The molecule has 1 aliphatic rings. The van der Waals surface area contributed by atoms with Crippen LogP contribution in [0.1, 0.15) is 6.42 Å². The molecule has 1 unspecified atom stereocenters. The Balaban J connectivity index is 1.82. The molecule has 0 radical (unpaired) electrons. The second-order valence-corrected chi connectivity index (χ2v) is 8.55. The first-order valence-corrected chi connectivity index (χ1v) is 10.4. The zero-order chi connectivity index (χ0) is 20.9. The van der Waals surface area contributed by atoms with E-state index < -0.39 is 32.8 Å². The minimum atomic E-state index is -4.16. The van der Waals surface area contributed by atoms with Crippen LogP contribution >= 0.6 is 0 Å². The number of nitrogens with zero attached hydrogens (tertiary/aromatic N) is 1. The molecule has 10 nitrogen and oxygen atoms in total. The first-order valence-electron chi connectivity index (χ1n) is 8.89. The maximum absolute atomic E-state index is 13.1. The van der Waals surface area contributed by atoms with Gasteiger partial charge in [0.05, 0.1) is 12.6 Å². The summed E-state index contributed by atoms with van der Waals surface area (Å²) in [5.41, 5.74) is 5.94. The molecule has 1 aromatic carbocycles. The summed E-state index contributed by atoms with van der Waals surface area (Å²) in [6, 6.07) is 12.7. The molecular weight excluding hydrogens is 396 g/mol.